The molecule has 5 nitrogen and oxygen atoms in total. The molecule has 0 fully saturated rings. The molecule has 0 radical (unpaired) electrons. The summed E-state index contributed by atoms with van der Waals surface area (Å²) in [4.78, 5) is 34.6. The fourth-order valence-corrected chi connectivity index (χ4v) is 1.83. The van der Waals surface area contributed by atoms with Crippen molar-refractivity contribution in [1.29, 1.82) is 5.26 Å². The number of amides is 1. The van der Waals surface area contributed by atoms with Gasteiger partial charge in [-0.1, -0.05) is 18.2 Å². The Balaban J connectivity index is 2.73. The van der Waals surface area contributed by atoms with E-state index in [4.69, 9.17) is 5.26 Å². The van der Waals surface area contributed by atoms with Crippen molar-refractivity contribution in [2.45, 2.75) is 26.3 Å². The molecule has 1 atom stereocenters. The normalized spacial score (nSPS) is 11.5. The number of nitrogens with zero attached hydrogens (tertiary/aromatic N) is 1. The number of hydrogen-bond donors (Lipinski definition) is 1. The highest BCUT2D eigenvalue weighted by Crippen LogP contribution is 2.10. The van der Waals surface area contributed by atoms with Gasteiger partial charge < -0.3 is 5.32 Å². The molecule has 0 saturated carbocycles. The molecule has 1 rings (SSSR count). The zero-order chi connectivity index (χ0) is 15.1. The third kappa shape index (κ3) is 4.32. The van der Waals surface area contributed by atoms with Gasteiger partial charge in [0.05, 0.1) is 12.0 Å². The predicted molar refractivity (Wildman–Crippen MR) is 72.8 cm³/mol. The number of carbonyl (C=O) groups is 3. The Kier molecular flexibility index (Phi) is 5.60. The summed E-state index contributed by atoms with van der Waals surface area (Å²) in [6, 6.07) is 9.48. The van der Waals surface area contributed by atoms with Crippen LogP contribution in [0.4, 0.5) is 0 Å². The maximum atomic E-state index is 11.9. The molecule has 1 N–H and O–H groups in total. The van der Waals surface area contributed by atoms with E-state index in [0.29, 0.717) is 5.56 Å². The van der Waals surface area contributed by atoms with Crippen LogP contribution in [-0.4, -0.2) is 23.5 Å². The van der Waals surface area contributed by atoms with E-state index in [1.54, 1.807) is 30.3 Å². The topological polar surface area (TPSA) is 87.0 Å². The van der Waals surface area contributed by atoms with E-state index in [0.717, 1.165) is 0 Å². The van der Waals surface area contributed by atoms with E-state index >= 15 is 0 Å². The van der Waals surface area contributed by atoms with Crippen LogP contribution >= 0.6 is 0 Å². The highest BCUT2D eigenvalue weighted by Gasteiger charge is 2.25. The van der Waals surface area contributed by atoms with Gasteiger partial charge >= 0.3 is 0 Å². The van der Waals surface area contributed by atoms with Gasteiger partial charge in [-0.25, -0.2) is 0 Å². The van der Waals surface area contributed by atoms with E-state index < -0.39 is 17.9 Å². The first kappa shape index (κ1) is 15.6. The lowest BCUT2D eigenvalue weighted by Crippen LogP contribution is -2.37. The first-order valence-electron chi connectivity index (χ1n) is 6.22. The van der Waals surface area contributed by atoms with E-state index in [1.807, 2.05) is 6.07 Å². The highest BCUT2D eigenvalue weighted by atomic mass is 16.2. The number of ketones is 2. The average Bonchev–Trinajstić information content (AvgIpc) is 2.43. The number of rotatable bonds is 6. The molecule has 1 aromatic carbocycles. The van der Waals surface area contributed by atoms with Crippen LogP contribution in [0, 0.1) is 17.2 Å². The average molecular weight is 272 g/mol. The molecule has 0 aliphatic heterocycles. The summed E-state index contributed by atoms with van der Waals surface area (Å²) in [5.41, 5.74) is 0.426. The van der Waals surface area contributed by atoms with Gasteiger partial charge in [0.1, 0.15) is 17.6 Å². The summed E-state index contributed by atoms with van der Waals surface area (Å²) in [6.07, 6.45) is -0.000258. The van der Waals surface area contributed by atoms with Gasteiger partial charge in [-0.2, -0.15) is 5.26 Å². The summed E-state index contributed by atoms with van der Waals surface area (Å²) in [6.45, 7) is 2.61. The summed E-state index contributed by atoms with van der Waals surface area (Å²) in [5, 5.41) is 11.6. The molecule has 20 heavy (non-hydrogen) atoms. The third-order valence-electron chi connectivity index (χ3n) is 2.95. The van der Waals surface area contributed by atoms with Crippen molar-refractivity contribution in [3.63, 3.8) is 0 Å². The summed E-state index contributed by atoms with van der Waals surface area (Å²) in [5.74, 6) is -1.85. The van der Waals surface area contributed by atoms with Gasteiger partial charge in [-0.05, 0) is 32.4 Å². The molecule has 0 saturated heterocycles. The molecule has 1 aromatic rings. The van der Waals surface area contributed by atoms with Crippen molar-refractivity contribution in [1.82, 2.24) is 5.32 Å². The van der Waals surface area contributed by atoms with Gasteiger partial charge in [0, 0.05) is 5.56 Å². The first-order chi connectivity index (χ1) is 9.45. The molecule has 0 bridgehead atoms. The number of nitrogens with one attached hydrogen (secondary N) is 1. The van der Waals surface area contributed by atoms with E-state index in [9.17, 15) is 14.4 Å². The fourth-order valence-electron chi connectivity index (χ4n) is 1.83. The Labute approximate surface area is 117 Å². The Morgan fingerprint density at radius 3 is 2.15 bits per heavy atom. The first-order valence-corrected chi connectivity index (χ1v) is 6.22. The zero-order valence-corrected chi connectivity index (χ0v) is 11.4. The van der Waals surface area contributed by atoms with Crippen molar-refractivity contribution < 1.29 is 14.4 Å². The molecule has 0 spiro atoms. The van der Waals surface area contributed by atoms with Gasteiger partial charge in [-0.15, -0.1) is 0 Å². The molecule has 1 unspecified atom stereocenters. The largest absolute Gasteiger partial charge is 0.336 e. The van der Waals surface area contributed by atoms with Gasteiger partial charge in [0.25, 0.3) is 5.91 Å². The minimum atomic E-state index is -0.875. The van der Waals surface area contributed by atoms with Crippen molar-refractivity contribution in [3.05, 3.63) is 35.9 Å². The SMILES string of the molecule is CC(=O)C(CC(C#N)NC(=O)c1ccccc1)C(C)=O. The third-order valence-corrected chi connectivity index (χ3v) is 2.95. The second kappa shape index (κ2) is 7.19. The Morgan fingerprint density at radius 1 is 1.15 bits per heavy atom. The zero-order valence-electron chi connectivity index (χ0n) is 11.4. The van der Waals surface area contributed by atoms with Crippen LogP contribution < -0.4 is 5.32 Å². The van der Waals surface area contributed by atoms with Crippen LogP contribution in [0.25, 0.3) is 0 Å². The Bertz CT molecular complexity index is 532. The number of carbonyl (C=O) groups excluding carboxylic acids is 3. The number of Topliss-reactive ketones (excluding diaryl/α,β-unsaturated/α-hetero) is 2. The molecular weight excluding hydrogens is 256 g/mol. The smallest absolute Gasteiger partial charge is 0.252 e. The molecule has 0 aliphatic carbocycles. The Hall–Kier alpha value is -2.48. The van der Waals surface area contributed by atoms with Gasteiger partial charge in [-0.3, -0.25) is 14.4 Å². The fraction of sp³-hybridized carbons (Fsp3) is 0.333. The lowest BCUT2D eigenvalue weighted by Gasteiger charge is -2.16. The van der Waals surface area contributed by atoms with Crippen LogP contribution in [-0.2, 0) is 9.59 Å². The van der Waals surface area contributed by atoms with E-state index in [1.165, 1.54) is 13.8 Å². The minimum Gasteiger partial charge on any atom is -0.336 e. The van der Waals surface area contributed by atoms with Crippen molar-refractivity contribution >= 4 is 17.5 Å². The molecule has 0 aromatic heterocycles. The summed E-state index contributed by atoms with van der Waals surface area (Å²) in [7, 11) is 0. The quantitative estimate of drug-likeness (QED) is 0.795. The molecule has 5 heteroatoms. The molecule has 0 heterocycles. The van der Waals surface area contributed by atoms with Crippen LogP contribution in [0.1, 0.15) is 30.6 Å². The monoisotopic (exact) mass is 272 g/mol. The van der Waals surface area contributed by atoms with Crippen molar-refractivity contribution in [3.8, 4) is 6.07 Å². The number of benzene rings is 1. The van der Waals surface area contributed by atoms with Crippen molar-refractivity contribution in [2.24, 2.45) is 5.92 Å². The van der Waals surface area contributed by atoms with Crippen LogP contribution in [0.5, 0.6) is 0 Å². The number of hydrogen-bond acceptors (Lipinski definition) is 4. The van der Waals surface area contributed by atoms with Crippen molar-refractivity contribution in [2.75, 3.05) is 0 Å². The van der Waals surface area contributed by atoms with Crippen LogP contribution in [0.15, 0.2) is 30.3 Å². The molecule has 104 valence electrons. The standard InChI is InChI=1S/C15H16N2O3/c1-10(18)14(11(2)19)8-13(9-16)17-15(20)12-6-4-3-5-7-12/h3-7,13-14H,8H2,1-2H3,(H,17,20). The lowest BCUT2D eigenvalue weighted by molar-refractivity contribution is -0.130. The van der Waals surface area contributed by atoms with Crippen LogP contribution in [0.3, 0.4) is 0 Å². The Morgan fingerprint density at radius 2 is 1.70 bits per heavy atom. The second-order valence-corrected chi connectivity index (χ2v) is 4.53. The summed E-state index contributed by atoms with van der Waals surface area (Å²) < 4.78 is 0. The van der Waals surface area contributed by atoms with Crippen LogP contribution in [0.2, 0.25) is 0 Å². The highest BCUT2D eigenvalue weighted by molar-refractivity contribution is 6.00. The molecular formula is C15H16N2O3. The molecule has 0 aliphatic rings. The predicted octanol–water partition coefficient (Wildman–Crippen LogP) is 1.49. The maximum absolute atomic E-state index is 11.9. The summed E-state index contributed by atoms with van der Waals surface area (Å²) >= 11 is 0. The van der Waals surface area contributed by atoms with Gasteiger partial charge in [0.2, 0.25) is 0 Å². The molecule has 1 amide bonds. The van der Waals surface area contributed by atoms with E-state index in [-0.39, 0.29) is 18.0 Å². The second-order valence-electron chi connectivity index (χ2n) is 4.53. The number of nitriles is 1. The van der Waals surface area contributed by atoms with E-state index in [2.05, 4.69) is 5.32 Å². The maximum Gasteiger partial charge on any atom is 0.252 e. The van der Waals surface area contributed by atoms with Gasteiger partial charge in [0.15, 0.2) is 0 Å². The lowest BCUT2D eigenvalue weighted by atomic mass is 9.93. The minimum absolute atomic E-state index is 0.000258.